The SMILES string of the molecule is O=C1NC[C@@]2(CCCN(CC(=O)N3CCC[C@@]4(CNC(=O)c5ccccc5O4)C3)C2)Oc2ccccc21. The standard InChI is InChI=1S/C28H32N4O5/c33-24(32-14-6-12-28(19-32)17-30-26(35)21-8-2-4-10-23(21)37-28)15-31-13-5-11-27(18-31)16-29-25(34)20-7-1-3-9-22(20)36-27/h1-4,7-10H,5-6,11-19H2,(H,29,34)(H,30,35)/t27-,28-/m1/s1. The van der Waals surface area contributed by atoms with Crippen molar-refractivity contribution in [2.24, 2.45) is 0 Å². The van der Waals surface area contributed by atoms with Gasteiger partial charge in [0.25, 0.3) is 11.8 Å². The third-order valence-electron chi connectivity index (χ3n) is 7.93. The third kappa shape index (κ3) is 4.64. The highest BCUT2D eigenvalue weighted by molar-refractivity contribution is 5.98. The lowest BCUT2D eigenvalue weighted by atomic mass is 9.91. The van der Waals surface area contributed by atoms with Gasteiger partial charge in [0.05, 0.1) is 37.3 Å². The summed E-state index contributed by atoms with van der Waals surface area (Å²) in [5.41, 5.74) is -0.137. The molecule has 3 amide bonds. The monoisotopic (exact) mass is 504 g/mol. The molecule has 2 atom stereocenters. The summed E-state index contributed by atoms with van der Waals surface area (Å²) >= 11 is 0. The van der Waals surface area contributed by atoms with E-state index in [1.54, 1.807) is 12.1 Å². The highest BCUT2D eigenvalue weighted by Gasteiger charge is 2.44. The Kier molecular flexibility index (Phi) is 6.03. The van der Waals surface area contributed by atoms with Crippen molar-refractivity contribution >= 4 is 17.7 Å². The predicted molar refractivity (Wildman–Crippen MR) is 136 cm³/mol. The van der Waals surface area contributed by atoms with Gasteiger partial charge in [0, 0.05) is 13.1 Å². The Morgan fingerprint density at radius 1 is 0.784 bits per heavy atom. The lowest BCUT2D eigenvalue weighted by Gasteiger charge is -2.44. The summed E-state index contributed by atoms with van der Waals surface area (Å²) in [4.78, 5) is 42.6. The molecule has 2 spiro atoms. The van der Waals surface area contributed by atoms with Crippen molar-refractivity contribution in [3.05, 3.63) is 59.7 Å². The Morgan fingerprint density at radius 2 is 1.32 bits per heavy atom. The maximum atomic E-state index is 13.5. The summed E-state index contributed by atoms with van der Waals surface area (Å²) in [6, 6.07) is 14.6. The van der Waals surface area contributed by atoms with Crippen LogP contribution in [0.25, 0.3) is 0 Å². The number of piperidine rings is 2. The average molecular weight is 505 g/mol. The number of hydrogen-bond donors (Lipinski definition) is 2. The average Bonchev–Trinajstić information content (AvgIpc) is 3.12. The van der Waals surface area contributed by atoms with Crippen LogP contribution in [-0.4, -0.2) is 84.5 Å². The maximum absolute atomic E-state index is 13.5. The smallest absolute Gasteiger partial charge is 0.255 e. The van der Waals surface area contributed by atoms with Crippen LogP contribution in [0.3, 0.4) is 0 Å². The molecule has 0 radical (unpaired) electrons. The number of nitrogens with one attached hydrogen (secondary N) is 2. The summed E-state index contributed by atoms with van der Waals surface area (Å²) in [5, 5.41) is 6.01. The third-order valence-corrected chi connectivity index (χ3v) is 7.93. The number of rotatable bonds is 2. The van der Waals surface area contributed by atoms with Gasteiger partial charge in [-0.3, -0.25) is 19.3 Å². The van der Waals surface area contributed by atoms with Crippen LogP contribution in [0.5, 0.6) is 11.5 Å². The minimum absolute atomic E-state index is 0.0432. The van der Waals surface area contributed by atoms with Crippen LogP contribution < -0.4 is 20.1 Å². The van der Waals surface area contributed by atoms with E-state index in [0.717, 1.165) is 32.2 Å². The summed E-state index contributed by atoms with van der Waals surface area (Å²) in [5.74, 6) is 0.929. The van der Waals surface area contributed by atoms with E-state index in [2.05, 4.69) is 15.5 Å². The number of likely N-dealkylation sites (tertiary alicyclic amines) is 2. The van der Waals surface area contributed by atoms with E-state index >= 15 is 0 Å². The van der Waals surface area contributed by atoms with E-state index in [1.807, 2.05) is 41.3 Å². The molecule has 4 aliphatic heterocycles. The number of fused-ring (bicyclic) bond motifs is 2. The molecule has 4 aliphatic rings. The van der Waals surface area contributed by atoms with Crippen molar-refractivity contribution in [1.82, 2.24) is 20.4 Å². The lowest BCUT2D eigenvalue weighted by Crippen LogP contribution is -2.61. The van der Waals surface area contributed by atoms with E-state index < -0.39 is 11.2 Å². The molecule has 6 rings (SSSR count). The van der Waals surface area contributed by atoms with Crippen LogP contribution in [0.1, 0.15) is 46.4 Å². The van der Waals surface area contributed by atoms with E-state index in [4.69, 9.17) is 9.47 Å². The zero-order valence-electron chi connectivity index (χ0n) is 20.8. The summed E-state index contributed by atoms with van der Waals surface area (Å²) in [7, 11) is 0. The van der Waals surface area contributed by atoms with Crippen LogP contribution in [0, 0.1) is 0 Å². The highest BCUT2D eigenvalue weighted by atomic mass is 16.5. The van der Waals surface area contributed by atoms with Crippen molar-refractivity contribution < 1.29 is 23.9 Å². The van der Waals surface area contributed by atoms with E-state index in [9.17, 15) is 14.4 Å². The molecule has 0 aromatic heterocycles. The minimum atomic E-state index is -0.641. The Balaban J connectivity index is 1.14. The molecule has 0 saturated carbocycles. The van der Waals surface area contributed by atoms with Gasteiger partial charge in [0.1, 0.15) is 22.7 Å². The molecule has 2 aromatic carbocycles. The molecule has 194 valence electrons. The van der Waals surface area contributed by atoms with Gasteiger partial charge in [-0.1, -0.05) is 24.3 Å². The Morgan fingerprint density at radius 3 is 1.95 bits per heavy atom. The van der Waals surface area contributed by atoms with Crippen molar-refractivity contribution in [2.75, 3.05) is 45.8 Å². The molecule has 37 heavy (non-hydrogen) atoms. The van der Waals surface area contributed by atoms with E-state index in [1.165, 1.54) is 0 Å². The molecular weight excluding hydrogens is 472 g/mol. The minimum Gasteiger partial charge on any atom is -0.483 e. The fraction of sp³-hybridized carbons (Fsp3) is 0.464. The van der Waals surface area contributed by atoms with Crippen molar-refractivity contribution in [3.63, 3.8) is 0 Å². The first kappa shape index (κ1) is 23.8. The number of amides is 3. The molecule has 9 heteroatoms. The molecule has 4 heterocycles. The molecule has 2 aromatic rings. The molecule has 2 saturated heterocycles. The van der Waals surface area contributed by atoms with Gasteiger partial charge in [0.2, 0.25) is 5.91 Å². The first-order valence-corrected chi connectivity index (χ1v) is 13.1. The summed E-state index contributed by atoms with van der Waals surface area (Å²) in [6.45, 7) is 3.50. The summed E-state index contributed by atoms with van der Waals surface area (Å²) < 4.78 is 12.9. The number of ether oxygens (including phenoxy) is 2. The number of para-hydroxylation sites is 2. The second-order valence-corrected chi connectivity index (χ2v) is 10.7. The van der Waals surface area contributed by atoms with Gasteiger partial charge in [-0.2, -0.15) is 0 Å². The quantitative estimate of drug-likeness (QED) is 0.648. The maximum Gasteiger partial charge on any atom is 0.255 e. The lowest BCUT2D eigenvalue weighted by molar-refractivity contribution is -0.139. The summed E-state index contributed by atoms with van der Waals surface area (Å²) in [6.07, 6.45) is 3.26. The molecule has 2 fully saturated rings. The topological polar surface area (TPSA) is 100 Å². The highest BCUT2D eigenvalue weighted by Crippen LogP contribution is 2.34. The first-order valence-electron chi connectivity index (χ1n) is 13.1. The Bertz CT molecular complexity index is 1230. The van der Waals surface area contributed by atoms with Crippen LogP contribution in [-0.2, 0) is 4.79 Å². The molecule has 2 N–H and O–H groups in total. The second-order valence-electron chi connectivity index (χ2n) is 10.7. The van der Waals surface area contributed by atoms with Crippen LogP contribution >= 0.6 is 0 Å². The Labute approximate surface area is 216 Å². The van der Waals surface area contributed by atoms with Crippen LogP contribution in [0.15, 0.2) is 48.5 Å². The van der Waals surface area contributed by atoms with Gasteiger partial charge in [-0.05, 0) is 56.5 Å². The van der Waals surface area contributed by atoms with Gasteiger partial charge in [-0.25, -0.2) is 0 Å². The fourth-order valence-electron chi connectivity index (χ4n) is 6.08. The van der Waals surface area contributed by atoms with Crippen LogP contribution in [0.4, 0.5) is 0 Å². The molecular formula is C28H32N4O5. The van der Waals surface area contributed by atoms with Crippen molar-refractivity contribution in [3.8, 4) is 11.5 Å². The van der Waals surface area contributed by atoms with E-state index in [0.29, 0.717) is 55.3 Å². The fourth-order valence-corrected chi connectivity index (χ4v) is 6.08. The normalized spacial score (nSPS) is 27.6. The van der Waals surface area contributed by atoms with Crippen LogP contribution in [0.2, 0.25) is 0 Å². The number of nitrogens with zero attached hydrogens (tertiary/aromatic N) is 2. The second kappa shape index (κ2) is 9.37. The molecule has 9 nitrogen and oxygen atoms in total. The van der Waals surface area contributed by atoms with Gasteiger partial charge in [-0.15, -0.1) is 0 Å². The number of benzene rings is 2. The first-order chi connectivity index (χ1) is 17.9. The zero-order valence-corrected chi connectivity index (χ0v) is 20.8. The van der Waals surface area contributed by atoms with E-state index in [-0.39, 0.29) is 24.3 Å². The van der Waals surface area contributed by atoms with Gasteiger partial charge in [0.15, 0.2) is 0 Å². The van der Waals surface area contributed by atoms with Crippen molar-refractivity contribution in [1.29, 1.82) is 0 Å². The number of carbonyl (C=O) groups excluding carboxylic acids is 3. The molecule has 0 bridgehead atoms. The predicted octanol–water partition coefficient (Wildman–Crippen LogP) is 1.83. The molecule has 0 unspecified atom stereocenters. The number of hydrogen-bond acceptors (Lipinski definition) is 6. The largest absolute Gasteiger partial charge is 0.483 e. The van der Waals surface area contributed by atoms with Crippen molar-refractivity contribution in [2.45, 2.75) is 36.9 Å². The number of carbonyl (C=O) groups is 3. The Hall–Kier alpha value is -3.59. The van der Waals surface area contributed by atoms with Gasteiger partial charge >= 0.3 is 0 Å². The van der Waals surface area contributed by atoms with Gasteiger partial charge < -0.3 is 25.0 Å². The zero-order chi connectivity index (χ0) is 25.5. The molecule has 0 aliphatic carbocycles.